The lowest BCUT2D eigenvalue weighted by Crippen LogP contribution is -2.17. The third-order valence-electron chi connectivity index (χ3n) is 6.17. The summed E-state index contributed by atoms with van der Waals surface area (Å²) in [6, 6.07) is 18.5. The Labute approximate surface area is 211 Å². The van der Waals surface area contributed by atoms with E-state index in [-0.39, 0.29) is 11.8 Å². The summed E-state index contributed by atoms with van der Waals surface area (Å²) in [6.07, 6.45) is 3.45. The van der Waals surface area contributed by atoms with Crippen LogP contribution in [-0.2, 0) is 4.79 Å². The van der Waals surface area contributed by atoms with E-state index in [9.17, 15) is 4.79 Å². The summed E-state index contributed by atoms with van der Waals surface area (Å²) < 4.78 is 0. The van der Waals surface area contributed by atoms with Crippen molar-refractivity contribution >= 4 is 44.9 Å². The van der Waals surface area contributed by atoms with Gasteiger partial charge in [0.15, 0.2) is 5.82 Å². The Morgan fingerprint density at radius 2 is 1.89 bits per heavy atom. The number of pyridine rings is 1. The van der Waals surface area contributed by atoms with Gasteiger partial charge in [0.25, 0.3) is 0 Å². The number of nitrogens with zero attached hydrogens (tertiary/aromatic N) is 3. The highest BCUT2D eigenvalue weighted by atomic mass is 32.1. The first kappa shape index (κ1) is 22.2. The number of anilines is 1. The van der Waals surface area contributed by atoms with Gasteiger partial charge in [0, 0.05) is 38.4 Å². The second kappa shape index (κ2) is 8.73. The molecule has 3 N–H and O–H groups in total. The molecule has 6 aromatic rings. The van der Waals surface area contributed by atoms with Crippen LogP contribution in [0.25, 0.3) is 55.0 Å². The maximum atomic E-state index is 12.1. The van der Waals surface area contributed by atoms with E-state index in [2.05, 4.69) is 56.7 Å². The molecule has 0 bridgehead atoms. The van der Waals surface area contributed by atoms with Crippen LogP contribution in [0.1, 0.15) is 18.7 Å². The van der Waals surface area contributed by atoms with E-state index in [0.717, 1.165) is 44.3 Å². The summed E-state index contributed by atoms with van der Waals surface area (Å²) in [5.41, 5.74) is 7.24. The van der Waals surface area contributed by atoms with Crippen molar-refractivity contribution in [2.75, 3.05) is 5.32 Å². The third kappa shape index (κ3) is 3.95. The average Bonchev–Trinajstić information content (AvgIpc) is 3.61. The van der Waals surface area contributed by atoms with Crippen molar-refractivity contribution in [3.63, 3.8) is 0 Å². The van der Waals surface area contributed by atoms with Crippen LogP contribution in [0.5, 0.6) is 0 Å². The first-order valence-corrected chi connectivity index (χ1v) is 12.6. The molecule has 4 heterocycles. The van der Waals surface area contributed by atoms with Gasteiger partial charge in [-0.2, -0.15) is 5.10 Å². The van der Waals surface area contributed by atoms with E-state index in [0.29, 0.717) is 11.5 Å². The van der Waals surface area contributed by atoms with Crippen LogP contribution >= 0.6 is 11.3 Å². The summed E-state index contributed by atoms with van der Waals surface area (Å²) in [4.78, 5) is 27.4. The Hall–Kier alpha value is -4.30. The summed E-state index contributed by atoms with van der Waals surface area (Å²) in [5.74, 6) is 0.570. The number of H-pyrrole nitrogens is 2. The predicted octanol–water partition coefficient (Wildman–Crippen LogP) is 6.80. The van der Waals surface area contributed by atoms with Crippen LogP contribution in [0.2, 0.25) is 0 Å². The number of imidazole rings is 1. The lowest BCUT2D eigenvalue weighted by molar-refractivity contribution is -0.118. The zero-order valence-electron chi connectivity index (χ0n) is 20.1. The standard InChI is InChI=1S/C28H24N6OS/c1-15(2)28(35)30-19-11-18(13-29-14-19)17-8-9-22-21(12-17)26(34-33-22)27-31-23-6-4-5-20(25(23)32-27)24-10-7-16(3)36-24/h4-15H,1-3H3,(H,30,35)(H,31,32)(H,33,34). The molecule has 0 fully saturated rings. The number of aromatic nitrogens is 5. The highest BCUT2D eigenvalue weighted by Gasteiger charge is 2.16. The van der Waals surface area contributed by atoms with Gasteiger partial charge in [-0.15, -0.1) is 11.3 Å². The monoisotopic (exact) mass is 492 g/mol. The van der Waals surface area contributed by atoms with E-state index in [4.69, 9.17) is 4.98 Å². The number of nitrogens with one attached hydrogen (secondary N) is 3. The Bertz CT molecular complexity index is 1740. The van der Waals surface area contributed by atoms with Crippen molar-refractivity contribution in [2.45, 2.75) is 20.8 Å². The lowest BCUT2D eigenvalue weighted by atomic mass is 10.0. The van der Waals surface area contributed by atoms with Crippen LogP contribution in [0, 0.1) is 12.8 Å². The van der Waals surface area contributed by atoms with Crippen LogP contribution < -0.4 is 5.32 Å². The minimum atomic E-state index is -0.105. The van der Waals surface area contributed by atoms with Gasteiger partial charge in [-0.25, -0.2) is 4.98 Å². The Morgan fingerprint density at radius 1 is 1.00 bits per heavy atom. The first-order chi connectivity index (χ1) is 17.5. The van der Waals surface area contributed by atoms with Crippen LogP contribution in [-0.4, -0.2) is 31.1 Å². The number of benzene rings is 2. The fourth-order valence-corrected chi connectivity index (χ4v) is 5.14. The molecule has 2 aromatic carbocycles. The third-order valence-corrected chi connectivity index (χ3v) is 7.20. The molecule has 8 heteroatoms. The number of aromatic amines is 2. The second-order valence-corrected chi connectivity index (χ2v) is 10.4. The molecule has 0 aliphatic rings. The van der Waals surface area contributed by atoms with E-state index in [1.807, 2.05) is 44.2 Å². The summed E-state index contributed by atoms with van der Waals surface area (Å²) >= 11 is 1.76. The van der Waals surface area contributed by atoms with Crippen molar-refractivity contribution in [1.82, 2.24) is 25.1 Å². The minimum absolute atomic E-state index is 0.0384. The molecule has 4 aromatic heterocycles. The molecule has 0 radical (unpaired) electrons. The predicted molar refractivity (Wildman–Crippen MR) is 146 cm³/mol. The second-order valence-electron chi connectivity index (χ2n) is 9.14. The Morgan fingerprint density at radius 3 is 2.69 bits per heavy atom. The number of carbonyl (C=O) groups excluding carboxylic acids is 1. The molecule has 0 saturated carbocycles. The van der Waals surface area contributed by atoms with Gasteiger partial charge < -0.3 is 10.3 Å². The Balaban J connectivity index is 1.41. The normalized spacial score (nSPS) is 11.6. The quantitative estimate of drug-likeness (QED) is 0.246. The fraction of sp³-hybridized carbons (Fsp3) is 0.143. The molecular weight excluding hydrogens is 468 g/mol. The molecule has 0 aliphatic heterocycles. The number of para-hydroxylation sites is 1. The summed E-state index contributed by atoms with van der Waals surface area (Å²) in [7, 11) is 0. The van der Waals surface area contributed by atoms with Crippen molar-refractivity contribution in [3.8, 4) is 33.1 Å². The number of fused-ring (bicyclic) bond motifs is 2. The zero-order chi connectivity index (χ0) is 24.8. The van der Waals surface area contributed by atoms with Gasteiger partial charge in [0.2, 0.25) is 5.91 Å². The molecule has 0 saturated heterocycles. The topological polar surface area (TPSA) is 99.4 Å². The maximum Gasteiger partial charge on any atom is 0.226 e. The number of thiophene rings is 1. The molecule has 178 valence electrons. The average molecular weight is 493 g/mol. The molecule has 36 heavy (non-hydrogen) atoms. The van der Waals surface area contributed by atoms with Crippen LogP contribution in [0.3, 0.4) is 0 Å². The SMILES string of the molecule is Cc1ccc(-c2cccc3[nH]c(-c4n[nH]c5ccc(-c6cncc(NC(=O)C(C)C)c6)cc45)nc23)s1. The molecule has 6 rings (SSSR count). The zero-order valence-corrected chi connectivity index (χ0v) is 20.9. The van der Waals surface area contributed by atoms with Crippen molar-refractivity contribution in [1.29, 1.82) is 0 Å². The fourth-order valence-electron chi connectivity index (χ4n) is 4.25. The van der Waals surface area contributed by atoms with Gasteiger partial charge in [-0.1, -0.05) is 32.0 Å². The minimum Gasteiger partial charge on any atom is -0.337 e. The molecule has 1 amide bonds. The smallest absolute Gasteiger partial charge is 0.226 e. The van der Waals surface area contributed by atoms with E-state index < -0.39 is 0 Å². The first-order valence-electron chi connectivity index (χ1n) is 11.8. The van der Waals surface area contributed by atoms with Crippen molar-refractivity contribution < 1.29 is 4.79 Å². The van der Waals surface area contributed by atoms with E-state index in [1.54, 1.807) is 23.7 Å². The van der Waals surface area contributed by atoms with Gasteiger partial charge in [-0.3, -0.25) is 14.9 Å². The number of carbonyl (C=O) groups is 1. The molecule has 0 atom stereocenters. The largest absolute Gasteiger partial charge is 0.337 e. The van der Waals surface area contributed by atoms with Gasteiger partial charge in [0.05, 0.1) is 28.4 Å². The highest BCUT2D eigenvalue weighted by Crippen LogP contribution is 2.35. The molecule has 0 spiro atoms. The van der Waals surface area contributed by atoms with Crippen molar-refractivity contribution in [2.24, 2.45) is 5.92 Å². The van der Waals surface area contributed by atoms with Crippen molar-refractivity contribution in [3.05, 3.63) is 71.9 Å². The molecule has 7 nitrogen and oxygen atoms in total. The maximum absolute atomic E-state index is 12.1. The Kier molecular flexibility index (Phi) is 5.38. The van der Waals surface area contributed by atoms with Gasteiger partial charge in [0.1, 0.15) is 5.69 Å². The van der Waals surface area contributed by atoms with Gasteiger partial charge in [-0.05, 0) is 48.9 Å². The summed E-state index contributed by atoms with van der Waals surface area (Å²) in [6.45, 7) is 5.84. The van der Waals surface area contributed by atoms with Gasteiger partial charge >= 0.3 is 0 Å². The number of amides is 1. The number of aryl methyl sites for hydroxylation is 1. The van der Waals surface area contributed by atoms with E-state index >= 15 is 0 Å². The lowest BCUT2D eigenvalue weighted by Gasteiger charge is -2.09. The number of hydrogen-bond donors (Lipinski definition) is 3. The summed E-state index contributed by atoms with van der Waals surface area (Å²) in [5, 5.41) is 11.6. The van der Waals surface area contributed by atoms with Crippen LogP contribution in [0.4, 0.5) is 5.69 Å². The molecule has 0 aliphatic carbocycles. The number of hydrogen-bond acceptors (Lipinski definition) is 5. The van der Waals surface area contributed by atoms with Crippen LogP contribution in [0.15, 0.2) is 67.0 Å². The van der Waals surface area contributed by atoms with E-state index in [1.165, 1.54) is 9.75 Å². The molecule has 0 unspecified atom stereocenters. The number of rotatable bonds is 5. The highest BCUT2D eigenvalue weighted by molar-refractivity contribution is 7.15. The molecular formula is C28H24N6OS.